The average molecular weight is 374 g/mol. The summed E-state index contributed by atoms with van der Waals surface area (Å²) in [6, 6.07) is 37.0. The van der Waals surface area contributed by atoms with E-state index in [0.29, 0.717) is 11.7 Å². The summed E-state index contributed by atoms with van der Waals surface area (Å²) in [5, 5.41) is 4.16. The topological polar surface area (TPSA) is 38.9 Å². The molecule has 5 rings (SSSR count). The molecule has 0 fully saturated rings. The molecule has 0 aliphatic carbocycles. The minimum Gasteiger partial charge on any atom is -0.334 e. The predicted octanol–water partition coefficient (Wildman–Crippen LogP) is 6.74. The van der Waals surface area contributed by atoms with Gasteiger partial charge in [-0.2, -0.15) is 4.98 Å². The molecule has 0 bridgehead atoms. The van der Waals surface area contributed by atoms with Crippen LogP contribution in [0.5, 0.6) is 0 Å². The van der Waals surface area contributed by atoms with Crippen molar-refractivity contribution in [1.29, 1.82) is 0 Å². The van der Waals surface area contributed by atoms with Crippen LogP contribution >= 0.6 is 0 Å². The van der Waals surface area contributed by atoms with Crippen molar-refractivity contribution in [2.75, 3.05) is 0 Å². The summed E-state index contributed by atoms with van der Waals surface area (Å²) in [7, 11) is 0. The van der Waals surface area contributed by atoms with E-state index in [4.69, 9.17) is 4.52 Å². The van der Waals surface area contributed by atoms with Crippen molar-refractivity contribution in [3.05, 3.63) is 109 Å². The summed E-state index contributed by atoms with van der Waals surface area (Å²) in [5.41, 5.74) is 6.53. The van der Waals surface area contributed by atoms with E-state index < -0.39 is 0 Å². The fourth-order valence-electron chi connectivity index (χ4n) is 3.34. The van der Waals surface area contributed by atoms with Crippen LogP contribution in [0.1, 0.15) is 0 Å². The van der Waals surface area contributed by atoms with Gasteiger partial charge in [0, 0.05) is 11.1 Å². The Morgan fingerprint density at radius 3 is 1.34 bits per heavy atom. The van der Waals surface area contributed by atoms with Crippen molar-refractivity contribution in [1.82, 2.24) is 10.1 Å². The van der Waals surface area contributed by atoms with Crippen LogP contribution in [-0.4, -0.2) is 10.1 Å². The summed E-state index contributed by atoms with van der Waals surface area (Å²) in [4.78, 5) is 4.58. The maximum atomic E-state index is 5.50. The molecule has 3 heteroatoms. The van der Waals surface area contributed by atoms with Gasteiger partial charge in [0.2, 0.25) is 5.82 Å². The molecule has 0 radical (unpaired) electrons. The molecule has 1 heterocycles. The van der Waals surface area contributed by atoms with Crippen LogP contribution in [0.4, 0.5) is 0 Å². The van der Waals surface area contributed by atoms with Gasteiger partial charge in [-0.05, 0) is 34.4 Å². The number of rotatable bonds is 4. The van der Waals surface area contributed by atoms with Gasteiger partial charge in [-0.15, -0.1) is 0 Å². The van der Waals surface area contributed by atoms with Crippen molar-refractivity contribution in [3.63, 3.8) is 0 Å². The fraction of sp³-hybridized carbons (Fsp3) is 0. The molecule has 1 aromatic heterocycles. The van der Waals surface area contributed by atoms with Crippen LogP contribution in [0.25, 0.3) is 45.1 Å². The number of hydrogen-bond donors (Lipinski definition) is 0. The van der Waals surface area contributed by atoms with Gasteiger partial charge in [0.25, 0.3) is 5.89 Å². The highest BCUT2D eigenvalue weighted by molar-refractivity contribution is 5.69. The number of aromatic nitrogens is 2. The van der Waals surface area contributed by atoms with Gasteiger partial charge in [-0.1, -0.05) is 102 Å². The second-order valence-electron chi connectivity index (χ2n) is 6.81. The lowest BCUT2D eigenvalue weighted by Gasteiger charge is -2.02. The van der Waals surface area contributed by atoms with Crippen molar-refractivity contribution in [2.45, 2.75) is 0 Å². The van der Waals surface area contributed by atoms with Crippen LogP contribution in [0.2, 0.25) is 0 Å². The molecule has 0 atom stereocenters. The monoisotopic (exact) mass is 374 g/mol. The summed E-state index contributed by atoms with van der Waals surface area (Å²) in [6.07, 6.45) is 0. The normalized spacial score (nSPS) is 10.8. The van der Waals surface area contributed by atoms with Crippen LogP contribution in [0, 0.1) is 0 Å². The standard InChI is InChI=1S/C26H18N2O/c1-3-7-19(8-4-1)21-11-15-23(16-12-21)25-27-26(29-28-25)24-17-13-22(14-18-24)20-9-5-2-6-10-20/h1-18H. The first kappa shape index (κ1) is 17.1. The molecule has 0 amide bonds. The van der Waals surface area contributed by atoms with E-state index in [9.17, 15) is 0 Å². The zero-order valence-electron chi connectivity index (χ0n) is 15.7. The Balaban J connectivity index is 1.38. The smallest absolute Gasteiger partial charge is 0.258 e. The highest BCUT2D eigenvalue weighted by Gasteiger charge is 2.11. The molecule has 0 unspecified atom stereocenters. The third-order valence-corrected chi connectivity index (χ3v) is 4.92. The Labute approximate surface area is 169 Å². The molecule has 0 aliphatic heterocycles. The van der Waals surface area contributed by atoms with Gasteiger partial charge < -0.3 is 4.52 Å². The van der Waals surface area contributed by atoms with E-state index >= 15 is 0 Å². The number of nitrogens with zero attached hydrogens (tertiary/aromatic N) is 2. The summed E-state index contributed by atoms with van der Waals surface area (Å²) < 4.78 is 5.50. The van der Waals surface area contributed by atoms with Gasteiger partial charge >= 0.3 is 0 Å². The Bertz CT molecular complexity index is 1110. The minimum absolute atomic E-state index is 0.520. The summed E-state index contributed by atoms with van der Waals surface area (Å²) >= 11 is 0. The lowest BCUT2D eigenvalue weighted by Crippen LogP contribution is -1.83. The Morgan fingerprint density at radius 1 is 0.414 bits per heavy atom. The second kappa shape index (κ2) is 7.56. The molecule has 0 N–H and O–H groups in total. The van der Waals surface area contributed by atoms with E-state index in [-0.39, 0.29) is 0 Å². The van der Waals surface area contributed by atoms with E-state index in [1.54, 1.807) is 0 Å². The first-order valence-electron chi connectivity index (χ1n) is 9.52. The second-order valence-corrected chi connectivity index (χ2v) is 6.81. The van der Waals surface area contributed by atoms with Gasteiger partial charge in [-0.25, -0.2) is 0 Å². The zero-order valence-corrected chi connectivity index (χ0v) is 15.7. The Hall–Kier alpha value is -3.98. The van der Waals surface area contributed by atoms with E-state index in [1.165, 1.54) is 11.1 Å². The zero-order chi connectivity index (χ0) is 19.5. The summed E-state index contributed by atoms with van der Waals surface area (Å²) in [5.74, 6) is 1.11. The van der Waals surface area contributed by atoms with Crippen molar-refractivity contribution in [3.8, 4) is 45.1 Å². The molecule has 0 spiro atoms. The van der Waals surface area contributed by atoms with E-state index in [0.717, 1.165) is 22.3 Å². The highest BCUT2D eigenvalue weighted by Crippen LogP contribution is 2.27. The Kier molecular flexibility index (Phi) is 4.47. The maximum absolute atomic E-state index is 5.50. The molecular weight excluding hydrogens is 356 g/mol. The molecule has 0 saturated heterocycles. The third-order valence-electron chi connectivity index (χ3n) is 4.92. The first-order chi connectivity index (χ1) is 14.4. The molecule has 29 heavy (non-hydrogen) atoms. The van der Waals surface area contributed by atoms with Gasteiger partial charge in [-0.3, -0.25) is 0 Å². The largest absolute Gasteiger partial charge is 0.334 e. The van der Waals surface area contributed by atoms with Crippen LogP contribution in [0.15, 0.2) is 114 Å². The van der Waals surface area contributed by atoms with Gasteiger partial charge in [0.1, 0.15) is 0 Å². The summed E-state index contributed by atoms with van der Waals surface area (Å²) in [6.45, 7) is 0. The molecule has 3 nitrogen and oxygen atoms in total. The molecule has 0 aliphatic rings. The SMILES string of the molecule is c1ccc(-c2ccc(-c3noc(-c4ccc(-c5ccccc5)cc4)n3)cc2)cc1. The molecule has 138 valence electrons. The minimum atomic E-state index is 0.520. The van der Waals surface area contributed by atoms with Crippen LogP contribution in [-0.2, 0) is 0 Å². The first-order valence-corrected chi connectivity index (χ1v) is 9.52. The molecule has 4 aromatic carbocycles. The lowest BCUT2D eigenvalue weighted by molar-refractivity contribution is 0.432. The molecule has 5 aromatic rings. The number of benzene rings is 4. The molecule has 0 saturated carbocycles. The van der Waals surface area contributed by atoms with E-state index in [2.05, 4.69) is 58.7 Å². The van der Waals surface area contributed by atoms with Crippen molar-refractivity contribution >= 4 is 0 Å². The third kappa shape index (κ3) is 3.58. The number of hydrogen-bond acceptors (Lipinski definition) is 3. The van der Waals surface area contributed by atoms with Gasteiger partial charge in [0.15, 0.2) is 0 Å². The van der Waals surface area contributed by atoms with Crippen molar-refractivity contribution < 1.29 is 4.52 Å². The van der Waals surface area contributed by atoms with Crippen molar-refractivity contribution in [2.24, 2.45) is 0 Å². The van der Waals surface area contributed by atoms with Crippen LogP contribution < -0.4 is 0 Å². The highest BCUT2D eigenvalue weighted by atomic mass is 16.5. The molecular formula is C26H18N2O. The quantitative estimate of drug-likeness (QED) is 0.350. The Morgan fingerprint density at radius 2 is 0.828 bits per heavy atom. The van der Waals surface area contributed by atoms with Crippen LogP contribution in [0.3, 0.4) is 0 Å². The predicted molar refractivity (Wildman–Crippen MR) is 116 cm³/mol. The van der Waals surface area contributed by atoms with Gasteiger partial charge in [0.05, 0.1) is 0 Å². The van der Waals surface area contributed by atoms with E-state index in [1.807, 2.05) is 60.7 Å². The maximum Gasteiger partial charge on any atom is 0.258 e. The average Bonchev–Trinajstić information content (AvgIpc) is 3.31. The fourth-order valence-corrected chi connectivity index (χ4v) is 3.34. The lowest BCUT2D eigenvalue weighted by atomic mass is 10.0.